The molecule has 2 aliphatic rings. The number of carbonyl (C=O) groups excluding carboxylic acids is 2. The Morgan fingerprint density at radius 3 is 2.66 bits per heavy atom. The molecule has 0 unspecified atom stereocenters. The Morgan fingerprint density at radius 2 is 1.89 bits per heavy atom. The summed E-state index contributed by atoms with van der Waals surface area (Å²) in [7, 11) is 0. The molecule has 1 N–H and O–H groups in total. The molecule has 5 rings (SSSR count). The summed E-state index contributed by atoms with van der Waals surface area (Å²) in [5.41, 5.74) is 1.83. The number of rotatable bonds is 7. The Morgan fingerprint density at radius 1 is 1.09 bits per heavy atom. The summed E-state index contributed by atoms with van der Waals surface area (Å²) in [5, 5.41) is 5.75. The average molecular weight is 494 g/mol. The third-order valence-electron chi connectivity index (χ3n) is 7.12. The number of ether oxygens (including phenoxy) is 2. The van der Waals surface area contributed by atoms with Crippen LogP contribution in [0.1, 0.15) is 42.5 Å². The van der Waals surface area contributed by atoms with Crippen molar-refractivity contribution in [3.05, 3.63) is 53.4 Å². The zero-order valence-electron chi connectivity index (χ0n) is 19.8. The minimum Gasteiger partial charge on any atom is -0.452 e. The molecular weight excluding hydrogens is 462 g/mol. The van der Waals surface area contributed by atoms with E-state index in [1.165, 1.54) is 19.3 Å². The maximum absolute atomic E-state index is 13.1. The first-order valence-electron chi connectivity index (χ1n) is 12.3. The number of morpholine rings is 1. The van der Waals surface area contributed by atoms with Gasteiger partial charge in [0.15, 0.2) is 6.61 Å². The largest absolute Gasteiger partial charge is 0.452 e. The molecule has 0 spiro atoms. The molecule has 35 heavy (non-hydrogen) atoms. The lowest BCUT2D eigenvalue weighted by molar-refractivity contribution is -0.125. The molecule has 1 aliphatic carbocycles. The van der Waals surface area contributed by atoms with Crippen LogP contribution in [-0.4, -0.2) is 66.8 Å². The molecule has 0 atom stereocenters. The molecule has 7 nitrogen and oxygen atoms in total. The van der Waals surface area contributed by atoms with Gasteiger partial charge in [0.25, 0.3) is 5.91 Å². The number of benzene rings is 1. The second-order valence-corrected chi connectivity index (χ2v) is 10.2. The Hall–Kier alpha value is -2.81. The van der Waals surface area contributed by atoms with Gasteiger partial charge in [-0.15, -0.1) is 11.3 Å². The van der Waals surface area contributed by atoms with Gasteiger partial charge in [-0.05, 0) is 36.4 Å². The molecule has 8 heteroatoms. The molecule has 184 valence electrons. The van der Waals surface area contributed by atoms with Crippen molar-refractivity contribution in [1.82, 2.24) is 15.2 Å². The van der Waals surface area contributed by atoms with Crippen LogP contribution in [0.3, 0.4) is 0 Å². The van der Waals surface area contributed by atoms with Crippen LogP contribution in [0.2, 0.25) is 0 Å². The maximum atomic E-state index is 13.1. The van der Waals surface area contributed by atoms with Gasteiger partial charge in [-0.3, -0.25) is 9.69 Å². The van der Waals surface area contributed by atoms with Gasteiger partial charge < -0.3 is 14.8 Å². The van der Waals surface area contributed by atoms with E-state index < -0.39 is 5.97 Å². The molecule has 0 bridgehead atoms. The lowest BCUT2D eigenvalue weighted by Crippen LogP contribution is -2.59. The zero-order valence-corrected chi connectivity index (χ0v) is 20.6. The van der Waals surface area contributed by atoms with Crippen LogP contribution < -0.4 is 5.32 Å². The molecule has 1 amide bonds. The third-order valence-corrected chi connectivity index (χ3v) is 8.02. The van der Waals surface area contributed by atoms with Gasteiger partial charge in [-0.1, -0.05) is 43.5 Å². The smallest absolute Gasteiger partial charge is 0.339 e. The quantitative estimate of drug-likeness (QED) is 0.495. The lowest BCUT2D eigenvalue weighted by atomic mass is 9.79. The van der Waals surface area contributed by atoms with Crippen molar-refractivity contribution < 1.29 is 19.1 Å². The van der Waals surface area contributed by atoms with E-state index in [1.807, 2.05) is 41.8 Å². The molecule has 1 aliphatic heterocycles. The van der Waals surface area contributed by atoms with Crippen molar-refractivity contribution in [2.24, 2.45) is 0 Å². The van der Waals surface area contributed by atoms with E-state index >= 15 is 0 Å². The van der Waals surface area contributed by atoms with Gasteiger partial charge in [-0.25, -0.2) is 9.78 Å². The number of esters is 1. The number of nitrogens with one attached hydrogen (secondary N) is 1. The normalized spacial score (nSPS) is 18.3. The van der Waals surface area contributed by atoms with Crippen molar-refractivity contribution in [3.63, 3.8) is 0 Å². The first kappa shape index (κ1) is 23.9. The summed E-state index contributed by atoms with van der Waals surface area (Å²) >= 11 is 1.56. The molecule has 3 heterocycles. The topological polar surface area (TPSA) is 80.8 Å². The van der Waals surface area contributed by atoms with Crippen molar-refractivity contribution in [2.75, 3.05) is 39.5 Å². The number of nitrogens with zero attached hydrogens (tertiary/aromatic N) is 2. The summed E-state index contributed by atoms with van der Waals surface area (Å²) in [4.78, 5) is 33.9. The second-order valence-electron chi connectivity index (χ2n) is 9.29. The Kier molecular flexibility index (Phi) is 7.41. The zero-order chi connectivity index (χ0) is 24.1. The van der Waals surface area contributed by atoms with Crippen LogP contribution in [-0.2, 0) is 14.3 Å². The average Bonchev–Trinajstić information content (AvgIpc) is 3.46. The monoisotopic (exact) mass is 493 g/mol. The molecule has 1 saturated carbocycles. The maximum Gasteiger partial charge on any atom is 0.339 e. The van der Waals surface area contributed by atoms with E-state index in [2.05, 4.69) is 10.2 Å². The van der Waals surface area contributed by atoms with Gasteiger partial charge in [0.05, 0.1) is 34.9 Å². The minimum absolute atomic E-state index is 0.0292. The van der Waals surface area contributed by atoms with E-state index in [9.17, 15) is 9.59 Å². The van der Waals surface area contributed by atoms with E-state index in [1.54, 1.807) is 17.4 Å². The molecule has 3 aromatic rings. The van der Waals surface area contributed by atoms with Gasteiger partial charge >= 0.3 is 5.97 Å². The predicted octanol–water partition coefficient (Wildman–Crippen LogP) is 4.27. The lowest BCUT2D eigenvalue weighted by Gasteiger charge is -2.48. The van der Waals surface area contributed by atoms with Crippen molar-refractivity contribution in [3.8, 4) is 10.6 Å². The number of thiophene rings is 1. The number of hydrogen-bond donors (Lipinski definition) is 1. The minimum atomic E-state index is -0.517. The number of para-hydroxylation sites is 1. The molecular formula is C27H31N3O4S. The first-order chi connectivity index (χ1) is 17.1. The Bertz CT molecular complexity index is 1170. The summed E-state index contributed by atoms with van der Waals surface area (Å²) in [6.07, 6.45) is 5.72. The highest BCUT2D eigenvalue weighted by atomic mass is 32.1. The van der Waals surface area contributed by atoms with E-state index in [-0.39, 0.29) is 18.1 Å². The molecule has 1 saturated heterocycles. The number of fused-ring (bicyclic) bond motifs is 1. The van der Waals surface area contributed by atoms with Gasteiger partial charge in [0.2, 0.25) is 0 Å². The van der Waals surface area contributed by atoms with Crippen LogP contribution in [0.4, 0.5) is 0 Å². The van der Waals surface area contributed by atoms with E-state index in [4.69, 9.17) is 14.5 Å². The highest BCUT2D eigenvalue weighted by Gasteiger charge is 2.38. The third kappa shape index (κ3) is 5.39. The molecule has 0 radical (unpaired) electrons. The van der Waals surface area contributed by atoms with Crippen LogP contribution in [0.5, 0.6) is 0 Å². The summed E-state index contributed by atoms with van der Waals surface area (Å²) in [6.45, 7) is 3.54. The number of amides is 1. The van der Waals surface area contributed by atoms with Crippen LogP contribution >= 0.6 is 11.3 Å². The summed E-state index contributed by atoms with van der Waals surface area (Å²) < 4.78 is 11.0. The number of carbonyl (C=O) groups is 2. The van der Waals surface area contributed by atoms with Crippen LogP contribution in [0.25, 0.3) is 21.5 Å². The number of pyridine rings is 1. The summed E-state index contributed by atoms with van der Waals surface area (Å²) in [5.74, 6) is -0.787. The van der Waals surface area contributed by atoms with Gasteiger partial charge in [0.1, 0.15) is 0 Å². The fourth-order valence-corrected chi connectivity index (χ4v) is 5.96. The van der Waals surface area contributed by atoms with Gasteiger partial charge in [0, 0.05) is 30.6 Å². The Labute approximate surface area is 209 Å². The van der Waals surface area contributed by atoms with Crippen molar-refractivity contribution in [1.29, 1.82) is 0 Å². The molecule has 2 aromatic heterocycles. The standard InChI is InChI=1S/C27H31N3O4S/c31-25(28-19-27(10-4-1-5-11-27)30-12-14-33-15-13-30)18-34-26(32)21-17-23(24-9-6-16-35-24)29-22-8-3-2-7-20(21)22/h2-3,6-9,16-17H,1,4-5,10-15,18-19H2,(H,28,31). The number of aromatic nitrogens is 1. The van der Waals surface area contributed by atoms with E-state index in [0.29, 0.717) is 17.5 Å². The number of hydrogen-bond acceptors (Lipinski definition) is 7. The van der Waals surface area contributed by atoms with Crippen LogP contribution in [0, 0.1) is 0 Å². The second kappa shape index (κ2) is 10.8. The highest BCUT2D eigenvalue weighted by molar-refractivity contribution is 7.13. The predicted molar refractivity (Wildman–Crippen MR) is 137 cm³/mol. The SMILES string of the molecule is O=C(COC(=O)c1cc(-c2cccs2)nc2ccccc12)NCC1(N2CCOCC2)CCCCC1. The van der Waals surface area contributed by atoms with Crippen LogP contribution in [0.15, 0.2) is 47.8 Å². The van der Waals surface area contributed by atoms with E-state index in [0.717, 1.165) is 55.2 Å². The summed E-state index contributed by atoms with van der Waals surface area (Å²) in [6, 6.07) is 13.2. The van der Waals surface area contributed by atoms with Gasteiger partial charge in [-0.2, -0.15) is 0 Å². The first-order valence-corrected chi connectivity index (χ1v) is 13.2. The fraction of sp³-hybridized carbons (Fsp3) is 0.444. The van der Waals surface area contributed by atoms with Crippen molar-refractivity contribution >= 4 is 34.1 Å². The Balaban J connectivity index is 1.25. The molecule has 2 fully saturated rings. The highest BCUT2D eigenvalue weighted by Crippen LogP contribution is 2.34. The fourth-order valence-electron chi connectivity index (χ4n) is 5.27. The molecule has 1 aromatic carbocycles. The van der Waals surface area contributed by atoms with Crippen molar-refractivity contribution in [2.45, 2.75) is 37.6 Å².